The largest absolute Gasteiger partial charge is 0.396 e. The van der Waals surface area contributed by atoms with Crippen molar-refractivity contribution in [3.05, 3.63) is 0 Å². The molecule has 3 unspecified atom stereocenters. The number of rotatable bonds is 4. The monoisotopic (exact) mass is 214 g/mol. The van der Waals surface area contributed by atoms with Gasteiger partial charge in [-0.25, -0.2) is 0 Å². The fourth-order valence-electron chi connectivity index (χ4n) is 2.20. The average molecular weight is 214 g/mol. The van der Waals surface area contributed by atoms with Gasteiger partial charge in [0.15, 0.2) is 0 Å². The maximum absolute atomic E-state index is 11.8. The van der Waals surface area contributed by atoms with E-state index >= 15 is 0 Å². The third kappa shape index (κ3) is 2.28. The number of primary amides is 1. The fraction of sp³-hybridized carbons (Fsp3) is 0.800. The number of amides is 2. The second kappa shape index (κ2) is 4.61. The zero-order chi connectivity index (χ0) is 11.6. The summed E-state index contributed by atoms with van der Waals surface area (Å²) >= 11 is 0. The van der Waals surface area contributed by atoms with Gasteiger partial charge in [0.1, 0.15) is 6.04 Å². The first-order chi connectivity index (χ1) is 6.99. The Balaban J connectivity index is 2.83. The SMILES string of the molecule is CC1CC(C)N(C(CCO)C(N)=O)C1=O. The summed E-state index contributed by atoms with van der Waals surface area (Å²) in [6, 6.07) is -0.640. The fourth-order valence-corrected chi connectivity index (χ4v) is 2.20. The van der Waals surface area contributed by atoms with Crippen molar-refractivity contribution in [1.82, 2.24) is 4.90 Å². The molecule has 1 aliphatic heterocycles. The molecule has 1 rings (SSSR count). The lowest BCUT2D eigenvalue weighted by atomic mass is 10.1. The Morgan fingerprint density at radius 1 is 1.67 bits per heavy atom. The quantitative estimate of drug-likeness (QED) is 0.660. The van der Waals surface area contributed by atoms with E-state index in [0.29, 0.717) is 0 Å². The summed E-state index contributed by atoms with van der Waals surface area (Å²) in [4.78, 5) is 24.5. The van der Waals surface area contributed by atoms with Crippen molar-refractivity contribution in [2.24, 2.45) is 11.7 Å². The lowest BCUT2D eigenvalue weighted by Gasteiger charge is -2.29. The highest BCUT2D eigenvalue weighted by atomic mass is 16.3. The highest BCUT2D eigenvalue weighted by Crippen LogP contribution is 2.26. The van der Waals surface area contributed by atoms with Gasteiger partial charge >= 0.3 is 0 Å². The summed E-state index contributed by atoms with van der Waals surface area (Å²) in [7, 11) is 0. The molecule has 0 aromatic carbocycles. The number of nitrogens with zero attached hydrogens (tertiary/aromatic N) is 1. The van der Waals surface area contributed by atoms with Crippen molar-refractivity contribution in [2.75, 3.05) is 6.61 Å². The van der Waals surface area contributed by atoms with E-state index in [0.717, 1.165) is 6.42 Å². The van der Waals surface area contributed by atoms with Gasteiger partial charge in [0.05, 0.1) is 0 Å². The van der Waals surface area contributed by atoms with Gasteiger partial charge in [-0.2, -0.15) is 0 Å². The number of likely N-dealkylation sites (tertiary alicyclic amines) is 1. The lowest BCUT2D eigenvalue weighted by molar-refractivity contribution is -0.139. The molecule has 3 N–H and O–H groups in total. The Kier molecular flexibility index (Phi) is 3.68. The van der Waals surface area contributed by atoms with Crippen LogP contribution in [0.5, 0.6) is 0 Å². The van der Waals surface area contributed by atoms with E-state index in [4.69, 9.17) is 10.8 Å². The smallest absolute Gasteiger partial charge is 0.240 e. The van der Waals surface area contributed by atoms with Crippen molar-refractivity contribution in [2.45, 2.75) is 38.8 Å². The topological polar surface area (TPSA) is 83.6 Å². The molecule has 0 saturated carbocycles. The van der Waals surface area contributed by atoms with Gasteiger partial charge in [-0.3, -0.25) is 9.59 Å². The molecule has 5 nitrogen and oxygen atoms in total. The van der Waals surface area contributed by atoms with Gasteiger partial charge < -0.3 is 15.7 Å². The number of aliphatic hydroxyl groups excluding tert-OH is 1. The standard InChI is InChI=1S/C10H18N2O3/c1-6-5-7(2)12(10(6)15)8(3-4-13)9(11)14/h6-8,13H,3-5H2,1-2H3,(H2,11,14). The first-order valence-electron chi connectivity index (χ1n) is 5.21. The number of carbonyl (C=O) groups excluding carboxylic acids is 2. The summed E-state index contributed by atoms with van der Waals surface area (Å²) in [5.74, 6) is -0.640. The molecule has 0 bridgehead atoms. The Bertz CT molecular complexity index is 267. The van der Waals surface area contributed by atoms with Crippen molar-refractivity contribution >= 4 is 11.8 Å². The van der Waals surface area contributed by atoms with Crippen LogP contribution in [0.4, 0.5) is 0 Å². The van der Waals surface area contributed by atoms with E-state index < -0.39 is 11.9 Å². The number of nitrogens with two attached hydrogens (primary N) is 1. The van der Waals surface area contributed by atoms with E-state index in [1.165, 1.54) is 4.90 Å². The van der Waals surface area contributed by atoms with Crippen LogP contribution in [0.1, 0.15) is 26.7 Å². The molecule has 1 fully saturated rings. The van der Waals surface area contributed by atoms with E-state index in [9.17, 15) is 9.59 Å². The molecule has 3 atom stereocenters. The predicted octanol–water partition coefficient (Wildman–Crippen LogP) is -0.520. The highest BCUT2D eigenvalue weighted by Gasteiger charge is 2.40. The average Bonchev–Trinajstić information content (AvgIpc) is 2.38. The van der Waals surface area contributed by atoms with Crippen molar-refractivity contribution in [1.29, 1.82) is 0 Å². The molecular formula is C10H18N2O3. The van der Waals surface area contributed by atoms with Gasteiger partial charge in [-0.1, -0.05) is 6.92 Å². The van der Waals surface area contributed by atoms with Gasteiger partial charge in [0.2, 0.25) is 11.8 Å². The van der Waals surface area contributed by atoms with Crippen LogP contribution in [-0.2, 0) is 9.59 Å². The Hall–Kier alpha value is -1.10. The van der Waals surface area contributed by atoms with Crippen LogP contribution in [0.3, 0.4) is 0 Å². The summed E-state index contributed by atoms with van der Waals surface area (Å²) in [6.45, 7) is 3.60. The molecule has 2 amide bonds. The van der Waals surface area contributed by atoms with E-state index in [-0.39, 0.29) is 30.9 Å². The van der Waals surface area contributed by atoms with Gasteiger partial charge in [0.25, 0.3) is 0 Å². The van der Waals surface area contributed by atoms with Crippen LogP contribution in [0, 0.1) is 5.92 Å². The second-order valence-corrected chi connectivity index (χ2v) is 4.16. The number of hydrogen-bond donors (Lipinski definition) is 2. The second-order valence-electron chi connectivity index (χ2n) is 4.16. The van der Waals surface area contributed by atoms with Crippen molar-refractivity contribution in [3.63, 3.8) is 0 Å². The van der Waals surface area contributed by atoms with Crippen LogP contribution >= 0.6 is 0 Å². The van der Waals surface area contributed by atoms with Crippen molar-refractivity contribution < 1.29 is 14.7 Å². The minimum atomic E-state index is -0.664. The number of aliphatic hydroxyl groups is 1. The zero-order valence-electron chi connectivity index (χ0n) is 9.14. The third-order valence-electron chi connectivity index (χ3n) is 2.91. The molecule has 1 aliphatic rings. The molecular weight excluding hydrogens is 196 g/mol. The van der Waals surface area contributed by atoms with Gasteiger partial charge in [-0.15, -0.1) is 0 Å². The van der Waals surface area contributed by atoms with Gasteiger partial charge in [-0.05, 0) is 19.8 Å². The summed E-state index contributed by atoms with van der Waals surface area (Å²) in [5, 5.41) is 8.84. The van der Waals surface area contributed by atoms with E-state index in [2.05, 4.69) is 0 Å². The third-order valence-corrected chi connectivity index (χ3v) is 2.91. The minimum Gasteiger partial charge on any atom is -0.396 e. The molecule has 15 heavy (non-hydrogen) atoms. The molecule has 0 aromatic heterocycles. The summed E-state index contributed by atoms with van der Waals surface area (Å²) in [5.41, 5.74) is 5.23. The molecule has 0 aliphatic carbocycles. The van der Waals surface area contributed by atoms with E-state index in [1.54, 1.807) is 0 Å². The molecule has 0 radical (unpaired) electrons. The normalized spacial score (nSPS) is 28.2. The Morgan fingerprint density at radius 2 is 2.27 bits per heavy atom. The van der Waals surface area contributed by atoms with Crippen LogP contribution in [0.15, 0.2) is 0 Å². The van der Waals surface area contributed by atoms with Crippen LogP contribution in [0.25, 0.3) is 0 Å². The van der Waals surface area contributed by atoms with Crippen molar-refractivity contribution in [3.8, 4) is 0 Å². The Morgan fingerprint density at radius 3 is 2.60 bits per heavy atom. The number of hydrogen-bond acceptors (Lipinski definition) is 3. The Labute approximate surface area is 89.2 Å². The summed E-state index contributed by atoms with van der Waals surface area (Å²) in [6.07, 6.45) is 0.964. The molecule has 1 saturated heterocycles. The lowest BCUT2D eigenvalue weighted by Crippen LogP contribution is -2.49. The minimum absolute atomic E-state index is 0.0246. The van der Waals surface area contributed by atoms with Crippen LogP contribution in [0.2, 0.25) is 0 Å². The van der Waals surface area contributed by atoms with Crippen LogP contribution in [-0.4, -0.2) is 40.5 Å². The molecule has 0 spiro atoms. The number of carbonyl (C=O) groups is 2. The first kappa shape index (κ1) is 12.0. The molecule has 86 valence electrons. The van der Waals surface area contributed by atoms with Gasteiger partial charge in [0, 0.05) is 18.6 Å². The highest BCUT2D eigenvalue weighted by molar-refractivity contribution is 5.89. The first-order valence-corrected chi connectivity index (χ1v) is 5.21. The molecule has 0 aromatic rings. The van der Waals surface area contributed by atoms with Crippen LogP contribution < -0.4 is 5.73 Å². The maximum Gasteiger partial charge on any atom is 0.240 e. The zero-order valence-corrected chi connectivity index (χ0v) is 9.14. The predicted molar refractivity (Wildman–Crippen MR) is 54.8 cm³/mol. The summed E-state index contributed by atoms with van der Waals surface area (Å²) < 4.78 is 0. The van der Waals surface area contributed by atoms with E-state index in [1.807, 2.05) is 13.8 Å². The molecule has 5 heteroatoms. The maximum atomic E-state index is 11.8. The molecule has 1 heterocycles.